The third-order valence-electron chi connectivity index (χ3n) is 3.37. The Morgan fingerprint density at radius 1 is 1.40 bits per heavy atom. The second-order valence-corrected chi connectivity index (χ2v) is 5.07. The lowest BCUT2D eigenvalue weighted by molar-refractivity contribution is -0.389. The molecule has 0 saturated carbocycles. The maximum Gasteiger partial charge on any atom is 0.389 e. The summed E-state index contributed by atoms with van der Waals surface area (Å²) in [5, 5.41) is 16.9. The second-order valence-electron chi connectivity index (χ2n) is 5.07. The molecule has 8 nitrogen and oxygen atoms in total. The molecule has 0 aliphatic heterocycles. The van der Waals surface area contributed by atoms with E-state index in [0.717, 1.165) is 4.68 Å². The number of carbonyl (C=O) groups excluding carboxylic acids is 1. The molecule has 0 bridgehead atoms. The lowest BCUT2D eigenvalue weighted by Gasteiger charge is -2.20. The van der Waals surface area contributed by atoms with Crippen LogP contribution in [0.25, 0.3) is 0 Å². The summed E-state index contributed by atoms with van der Waals surface area (Å²) in [5.41, 5.74) is 0.421. The Hall–Kier alpha value is -3.04. The summed E-state index contributed by atoms with van der Waals surface area (Å²) in [6.45, 7) is -1.43. The van der Waals surface area contributed by atoms with E-state index in [1.807, 2.05) is 0 Å². The highest BCUT2D eigenvalue weighted by molar-refractivity contribution is 5.76. The van der Waals surface area contributed by atoms with Crippen LogP contribution < -0.4 is 10.1 Å². The number of hydrogen-bond donors (Lipinski definition) is 1. The van der Waals surface area contributed by atoms with Gasteiger partial charge in [-0.1, -0.05) is 25.1 Å². The van der Waals surface area contributed by atoms with Crippen LogP contribution >= 0.6 is 0 Å². The molecule has 25 heavy (non-hydrogen) atoms. The summed E-state index contributed by atoms with van der Waals surface area (Å²) in [7, 11) is 0. The van der Waals surface area contributed by atoms with Gasteiger partial charge in [0.15, 0.2) is 0 Å². The summed E-state index contributed by atoms with van der Waals surface area (Å²) >= 11 is 0. The number of hydrogen-bond acceptors (Lipinski definition) is 5. The smallest absolute Gasteiger partial charge is 0.389 e. The molecule has 1 N–H and O–H groups in total. The van der Waals surface area contributed by atoms with Crippen LogP contribution in [-0.2, 0) is 11.3 Å². The number of ether oxygens (including phenoxy) is 1. The van der Waals surface area contributed by atoms with Crippen molar-refractivity contribution in [2.45, 2.75) is 32.5 Å². The molecule has 2 aromatic rings. The molecule has 1 heterocycles. The highest BCUT2D eigenvalue weighted by Crippen LogP contribution is 2.28. The van der Waals surface area contributed by atoms with E-state index in [-0.39, 0.29) is 18.1 Å². The van der Waals surface area contributed by atoms with Crippen molar-refractivity contribution in [3.05, 3.63) is 52.2 Å². The molecule has 1 amide bonds. The quantitative estimate of drug-likeness (QED) is 0.580. The van der Waals surface area contributed by atoms with Crippen molar-refractivity contribution in [1.29, 1.82) is 0 Å². The van der Waals surface area contributed by atoms with Gasteiger partial charge in [0.25, 0.3) is 0 Å². The van der Waals surface area contributed by atoms with Gasteiger partial charge in [-0.15, -0.1) is 0 Å². The molecule has 1 aromatic carbocycles. The van der Waals surface area contributed by atoms with Crippen LogP contribution in [-0.4, -0.2) is 27.2 Å². The number of amides is 1. The number of carbonyl (C=O) groups is 1. The molecular weight excluding hydrogens is 338 g/mol. The summed E-state index contributed by atoms with van der Waals surface area (Å²) in [6, 6.07) is 6.82. The predicted octanol–water partition coefficient (Wildman–Crippen LogP) is 2.66. The van der Waals surface area contributed by atoms with Crippen LogP contribution in [0.15, 0.2) is 36.5 Å². The number of para-hydroxylation sites is 1. The molecule has 2 rings (SSSR count). The summed E-state index contributed by atoms with van der Waals surface area (Å²) in [5.74, 6) is -0.841. The zero-order valence-electron chi connectivity index (χ0n) is 13.3. The van der Waals surface area contributed by atoms with Gasteiger partial charge in [0.05, 0.1) is 23.4 Å². The van der Waals surface area contributed by atoms with Gasteiger partial charge in [0, 0.05) is 5.56 Å². The number of nitro groups is 1. The summed E-state index contributed by atoms with van der Waals surface area (Å²) in [6.07, 6.45) is 1.75. The molecule has 0 aliphatic carbocycles. The molecule has 0 saturated heterocycles. The second kappa shape index (κ2) is 8.18. The molecule has 1 unspecified atom stereocenters. The van der Waals surface area contributed by atoms with Crippen molar-refractivity contribution in [3.8, 4) is 5.75 Å². The average Bonchev–Trinajstić information content (AvgIpc) is 3.01. The van der Waals surface area contributed by atoms with Crippen molar-refractivity contribution < 1.29 is 23.2 Å². The zero-order valence-corrected chi connectivity index (χ0v) is 13.3. The van der Waals surface area contributed by atoms with Gasteiger partial charge in [-0.25, -0.2) is 0 Å². The van der Waals surface area contributed by atoms with E-state index < -0.39 is 23.5 Å². The normalized spacial score (nSPS) is 12.0. The highest BCUT2D eigenvalue weighted by atomic mass is 19.3. The van der Waals surface area contributed by atoms with Crippen molar-refractivity contribution in [1.82, 2.24) is 15.1 Å². The van der Waals surface area contributed by atoms with E-state index in [0.29, 0.717) is 12.0 Å². The molecule has 1 atom stereocenters. The zero-order chi connectivity index (χ0) is 18.4. The Balaban J connectivity index is 2.08. The van der Waals surface area contributed by atoms with Gasteiger partial charge in [-0.2, -0.15) is 13.5 Å². The van der Waals surface area contributed by atoms with E-state index >= 15 is 0 Å². The lowest BCUT2D eigenvalue weighted by atomic mass is 10.0. The van der Waals surface area contributed by atoms with E-state index in [4.69, 9.17) is 0 Å². The van der Waals surface area contributed by atoms with Crippen molar-refractivity contribution >= 4 is 11.7 Å². The summed E-state index contributed by atoms with van der Waals surface area (Å²) < 4.78 is 30.6. The Kier molecular flexibility index (Phi) is 5.98. The van der Waals surface area contributed by atoms with Crippen molar-refractivity contribution in [2.75, 3.05) is 0 Å². The minimum atomic E-state index is -2.97. The molecule has 10 heteroatoms. The van der Waals surface area contributed by atoms with Crippen LogP contribution in [0, 0.1) is 10.1 Å². The van der Waals surface area contributed by atoms with E-state index in [1.54, 1.807) is 25.1 Å². The first-order valence-electron chi connectivity index (χ1n) is 7.41. The fraction of sp³-hybridized carbons (Fsp3) is 0.333. The average molecular weight is 354 g/mol. The molecule has 1 aromatic heterocycles. The van der Waals surface area contributed by atoms with Crippen LogP contribution in [0.4, 0.5) is 14.6 Å². The number of aromatic nitrogens is 2. The minimum Gasteiger partial charge on any atom is -0.434 e. The third-order valence-corrected chi connectivity index (χ3v) is 3.37. The number of halogens is 2. The van der Waals surface area contributed by atoms with Crippen LogP contribution in [0.1, 0.15) is 24.9 Å². The topological polar surface area (TPSA) is 99.3 Å². The minimum absolute atomic E-state index is 0.0145. The number of alkyl halides is 2. The van der Waals surface area contributed by atoms with Crippen molar-refractivity contribution in [3.63, 3.8) is 0 Å². The van der Waals surface area contributed by atoms with Gasteiger partial charge in [0.1, 0.15) is 12.3 Å². The van der Waals surface area contributed by atoms with Crippen LogP contribution in [0.5, 0.6) is 5.75 Å². The van der Waals surface area contributed by atoms with Crippen LogP contribution in [0.2, 0.25) is 0 Å². The number of nitrogens with one attached hydrogen (secondary N) is 1. The molecule has 0 spiro atoms. The molecule has 0 fully saturated rings. The number of rotatable bonds is 8. The maximum atomic E-state index is 12.5. The monoisotopic (exact) mass is 354 g/mol. The summed E-state index contributed by atoms with van der Waals surface area (Å²) in [4.78, 5) is 22.1. The fourth-order valence-electron chi connectivity index (χ4n) is 2.29. The highest BCUT2D eigenvalue weighted by Gasteiger charge is 2.20. The predicted molar refractivity (Wildman–Crippen MR) is 83.1 cm³/mol. The first kappa shape index (κ1) is 18.3. The number of benzene rings is 1. The Morgan fingerprint density at radius 2 is 2.12 bits per heavy atom. The van der Waals surface area contributed by atoms with Gasteiger partial charge < -0.3 is 20.2 Å². The van der Waals surface area contributed by atoms with Gasteiger partial charge in [-0.05, 0) is 17.4 Å². The maximum absolute atomic E-state index is 12.5. The lowest BCUT2D eigenvalue weighted by Crippen LogP contribution is -2.31. The Bertz CT molecular complexity index is 751. The Morgan fingerprint density at radius 3 is 2.72 bits per heavy atom. The van der Waals surface area contributed by atoms with E-state index in [2.05, 4.69) is 15.2 Å². The van der Waals surface area contributed by atoms with Crippen molar-refractivity contribution in [2.24, 2.45) is 0 Å². The molecule has 0 aliphatic rings. The first-order chi connectivity index (χ1) is 11.9. The SMILES string of the molecule is CCC(NC(=O)Cn1ccc([N+](=O)[O-])n1)c1ccccc1OC(F)F. The number of nitrogens with zero attached hydrogens (tertiary/aromatic N) is 3. The van der Waals surface area contributed by atoms with E-state index in [9.17, 15) is 23.7 Å². The fourth-order valence-corrected chi connectivity index (χ4v) is 2.29. The first-order valence-corrected chi connectivity index (χ1v) is 7.41. The molecule has 0 radical (unpaired) electrons. The van der Waals surface area contributed by atoms with Gasteiger partial charge in [-0.3, -0.25) is 4.79 Å². The largest absolute Gasteiger partial charge is 0.434 e. The van der Waals surface area contributed by atoms with Gasteiger partial charge >= 0.3 is 12.4 Å². The van der Waals surface area contributed by atoms with E-state index in [1.165, 1.54) is 18.3 Å². The standard InChI is InChI=1S/C15H16F2N4O4/c1-2-11(10-5-3-4-6-12(10)25-15(16)17)18-14(22)9-20-8-7-13(19-20)21(23)24/h3-8,11,15H,2,9H2,1H3,(H,18,22). The molecule has 134 valence electrons. The van der Waals surface area contributed by atoms with Gasteiger partial charge in [0.2, 0.25) is 5.91 Å². The van der Waals surface area contributed by atoms with Crippen LogP contribution in [0.3, 0.4) is 0 Å². The molecular formula is C15H16F2N4O4. The Labute approximate surface area is 141 Å². The third kappa shape index (κ3) is 4.96.